The molecule has 0 saturated carbocycles. The van der Waals surface area contributed by atoms with Gasteiger partial charge in [0, 0.05) is 6.07 Å². The first kappa shape index (κ1) is 12.4. The van der Waals surface area contributed by atoms with Crippen molar-refractivity contribution in [1.82, 2.24) is 9.78 Å². The van der Waals surface area contributed by atoms with Gasteiger partial charge in [0.25, 0.3) is 5.91 Å². The molecule has 0 fully saturated rings. The molecule has 1 amide bonds. The van der Waals surface area contributed by atoms with Crippen LogP contribution < -0.4 is 16.2 Å². The third-order valence-corrected chi connectivity index (χ3v) is 2.55. The fourth-order valence-electron chi connectivity index (χ4n) is 1.62. The van der Waals surface area contributed by atoms with Crippen LogP contribution in [0.4, 0.5) is 5.69 Å². The monoisotopic (exact) mass is 257 g/mol. The van der Waals surface area contributed by atoms with E-state index in [0.717, 1.165) is 0 Å². The molecule has 0 saturated heterocycles. The summed E-state index contributed by atoms with van der Waals surface area (Å²) in [4.78, 5) is 11.1. The SMILES string of the molecule is COc1ccc(C#N)c(-n2cc(N)c(C(N)=O)n2)c1. The fourth-order valence-corrected chi connectivity index (χ4v) is 1.62. The number of nitriles is 1. The first-order valence-electron chi connectivity index (χ1n) is 5.30. The molecule has 0 bridgehead atoms. The summed E-state index contributed by atoms with van der Waals surface area (Å²) in [6.45, 7) is 0. The van der Waals surface area contributed by atoms with Gasteiger partial charge in [-0.15, -0.1) is 0 Å². The molecule has 0 aliphatic rings. The van der Waals surface area contributed by atoms with Crippen molar-refractivity contribution in [1.29, 1.82) is 5.26 Å². The lowest BCUT2D eigenvalue weighted by molar-refractivity contribution is 0.0996. The number of carbonyl (C=O) groups excluding carboxylic acids is 1. The van der Waals surface area contributed by atoms with Crippen LogP contribution in [-0.2, 0) is 0 Å². The molecular weight excluding hydrogens is 246 g/mol. The van der Waals surface area contributed by atoms with Gasteiger partial charge in [-0.2, -0.15) is 10.4 Å². The Hall–Kier alpha value is -3.01. The van der Waals surface area contributed by atoms with Crippen LogP contribution in [0.25, 0.3) is 5.69 Å². The van der Waals surface area contributed by atoms with Gasteiger partial charge in [-0.1, -0.05) is 0 Å². The van der Waals surface area contributed by atoms with Crippen LogP contribution in [0, 0.1) is 11.3 Å². The first-order valence-corrected chi connectivity index (χ1v) is 5.30. The van der Waals surface area contributed by atoms with E-state index in [0.29, 0.717) is 17.0 Å². The van der Waals surface area contributed by atoms with Crippen LogP contribution in [0.5, 0.6) is 5.75 Å². The van der Waals surface area contributed by atoms with E-state index < -0.39 is 5.91 Å². The average Bonchev–Trinajstić information content (AvgIpc) is 2.80. The molecule has 0 atom stereocenters. The normalized spacial score (nSPS) is 9.89. The van der Waals surface area contributed by atoms with Gasteiger partial charge in [-0.25, -0.2) is 4.68 Å². The van der Waals surface area contributed by atoms with Crippen molar-refractivity contribution >= 4 is 11.6 Å². The quantitative estimate of drug-likeness (QED) is 0.826. The van der Waals surface area contributed by atoms with Crippen molar-refractivity contribution in [3.8, 4) is 17.5 Å². The van der Waals surface area contributed by atoms with Crippen LogP contribution in [0.2, 0.25) is 0 Å². The molecule has 1 aromatic carbocycles. The second kappa shape index (κ2) is 4.70. The van der Waals surface area contributed by atoms with E-state index in [9.17, 15) is 4.79 Å². The number of hydrogen-bond donors (Lipinski definition) is 2. The highest BCUT2D eigenvalue weighted by atomic mass is 16.5. The number of anilines is 1. The average molecular weight is 257 g/mol. The largest absolute Gasteiger partial charge is 0.497 e. The summed E-state index contributed by atoms with van der Waals surface area (Å²) in [5.74, 6) is -0.165. The molecule has 0 radical (unpaired) electrons. The van der Waals surface area contributed by atoms with Crippen LogP contribution in [0.1, 0.15) is 16.1 Å². The molecule has 1 heterocycles. The summed E-state index contributed by atoms with van der Waals surface area (Å²) >= 11 is 0. The van der Waals surface area contributed by atoms with Crippen molar-refractivity contribution in [2.24, 2.45) is 5.73 Å². The number of benzene rings is 1. The highest BCUT2D eigenvalue weighted by molar-refractivity contribution is 5.95. The summed E-state index contributed by atoms with van der Waals surface area (Å²) in [6, 6.07) is 6.90. The Morgan fingerprint density at radius 3 is 2.79 bits per heavy atom. The molecule has 2 rings (SSSR count). The van der Waals surface area contributed by atoms with Crippen molar-refractivity contribution in [3.63, 3.8) is 0 Å². The first-order chi connectivity index (χ1) is 9.06. The maximum absolute atomic E-state index is 11.1. The molecule has 0 aliphatic carbocycles. The molecule has 0 unspecified atom stereocenters. The van der Waals surface area contributed by atoms with E-state index in [-0.39, 0.29) is 11.4 Å². The molecule has 1 aromatic heterocycles. The molecule has 2 aromatic rings. The van der Waals surface area contributed by atoms with Gasteiger partial charge in [0.1, 0.15) is 11.8 Å². The van der Waals surface area contributed by atoms with Gasteiger partial charge in [-0.05, 0) is 12.1 Å². The van der Waals surface area contributed by atoms with Gasteiger partial charge in [0.2, 0.25) is 0 Å². The Kier molecular flexibility index (Phi) is 3.08. The maximum atomic E-state index is 11.1. The summed E-state index contributed by atoms with van der Waals surface area (Å²) in [5.41, 5.74) is 11.7. The number of nitrogens with two attached hydrogens (primary N) is 2. The van der Waals surface area contributed by atoms with E-state index in [4.69, 9.17) is 21.5 Å². The number of methoxy groups -OCH3 is 1. The molecule has 96 valence electrons. The van der Waals surface area contributed by atoms with Crippen LogP contribution in [0.3, 0.4) is 0 Å². The van der Waals surface area contributed by atoms with Gasteiger partial charge < -0.3 is 16.2 Å². The number of nitrogen functional groups attached to an aromatic ring is 1. The number of nitrogens with zero attached hydrogens (tertiary/aromatic N) is 3. The minimum Gasteiger partial charge on any atom is -0.497 e. The number of ether oxygens (including phenoxy) is 1. The molecule has 0 spiro atoms. The zero-order chi connectivity index (χ0) is 14.0. The van der Waals surface area contributed by atoms with Crippen LogP contribution in [0.15, 0.2) is 24.4 Å². The van der Waals surface area contributed by atoms with Gasteiger partial charge in [0.05, 0.1) is 30.2 Å². The number of carbonyl (C=O) groups is 1. The van der Waals surface area contributed by atoms with Crippen molar-refractivity contribution in [2.75, 3.05) is 12.8 Å². The Bertz CT molecular complexity index is 684. The molecule has 0 aliphatic heterocycles. The standard InChI is InChI=1S/C12H11N5O2/c1-19-8-3-2-7(5-13)10(4-8)17-6-9(14)11(16-17)12(15)18/h2-4,6H,14H2,1H3,(H2,15,18). The minimum atomic E-state index is -0.724. The molecule has 7 nitrogen and oxygen atoms in total. The van der Waals surface area contributed by atoms with Gasteiger partial charge in [-0.3, -0.25) is 4.79 Å². The third-order valence-electron chi connectivity index (χ3n) is 2.55. The molecular formula is C12H11N5O2. The maximum Gasteiger partial charge on any atom is 0.271 e. The van der Waals surface area contributed by atoms with E-state index in [2.05, 4.69) is 5.10 Å². The molecule has 4 N–H and O–H groups in total. The second-order valence-electron chi connectivity index (χ2n) is 3.74. The van der Waals surface area contributed by atoms with Crippen molar-refractivity contribution in [2.45, 2.75) is 0 Å². The predicted octanol–water partition coefficient (Wildman–Crippen LogP) is 0.434. The zero-order valence-electron chi connectivity index (χ0n) is 10.1. The Morgan fingerprint density at radius 2 is 2.26 bits per heavy atom. The van der Waals surface area contributed by atoms with Crippen molar-refractivity contribution in [3.05, 3.63) is 35.7 Å². The molecule has 7 heteroatoms. The van der Waals surface area contributed by atoms with E-state index in [1.54, 1.807) is 18.2 Å². The number of rotatable bonds is 3. The van der Waals surface area contributed by atoms with E-state index >= 15 is 0 Å². The topological polar surface area (TPSA) is 120 Å². The lowest BCUT2D eigenvalue weighted by Gasteiger charge is -2.06. The van der Waals surface area contributed by atoms with Crippen molar-refractivity contribution < 1.29 is 9.53 Å². The third kappa shape index (κ3) is 2.19. The van der Waals surface area contributed by atoms with Crippen LogP contribution >= 0.6 is 0 Å². The lowest BCUT2D eigenvalue weighted by Crippen LogP contribution is -2.14. The van der Waals surface area contributed by atoms with Gasteiger partial charge in [0.15, 0.2) is 5.69 Å². The minimum absolute atomic E-state index is 0.0355. The summed E-state index contributed by atoms with van der Waals surface area (Å²) in [6.07, 6.45) is 1.43. The number of aromatic nitrogens is 2. The fraction of sp³-hybridized carbons (Fsp3) is 0.0833. The lowest BCUT2D eigenvalue weighted by atomic mass is 10.2. The number of hydrogen-bond acceptors (Lipinski definition) is 5. The number of amides is 1. The van der Waals surface area contributed by atoms with Gasteiger partial charge >= 0.3 is 0 Å². The van der Waals surface area contributed by atoms with Crippen LogP contribution in [-0.4, -0.2) is 22.8 Å². The Labute approximate surface area is 109 Å². The Balaban J connectivity index is 2.61. The summed E-state index contributed by atoms with van der Waals surface area (Å²) < 4.78 is 6.42. The summed E-state index contributed by atoms with van der Waals surface area (Å²) in [5, 5.41) is 13.0. The highest BCUT2D eigenvalue weighted by Gasteiger charge is 2.14. The zero-order valence-corrected chi connectivity index (χ0v) is 10.1. The number of primary amides is 1. The summed E-state index contributed by atoms with van der Waals surface area (Å²) in [7, 11) is 1.51. The molecule has 19 heavy (non-hydrogen) atoms. The predicted molar refractivity (Wildman–Crippen MR) is 67.8 cm³/mol. The Morgan fingerprint density at radius 1 is 1.53 bits per heavy atom. The van der Waals surface area contributed by atoms with E-state index in [1.807, 2.05) is 6.07 Å². The highest BCUT2D eigenvalue weighted by Crippen LogP contribution is 2.22. The smallest absolute Gasteiger partial charge is 0.271 e. The van der Waals surface area contributed by atoms with E-state index in [1.165, 1.54) is 18.0 Å². The second-order valence-corrected chi connectivity index (χ2v) is 3.74.